The van der Waals surface area contributed by atoms with Crippen LogP contribution in [0.2, 0.25) is 0 Å². The summed E-state index contributed by atoms with van der Waals surface area (Å²) in [6.07, 6.45) is 3.85. The van der Waals surface area contributed by atoms with E-state index >= 15 is 0 Å². The fourth-order valence-corrected chi connectivity index (χ4v) is 2.76. The Labute approximate surface area is 157 Å². The summed E-state index contributed by atoms with van der Waals surface area (Å²) in [5.74, 6) is -0.253. The van der Waals surface area contributed by atoms with Gasteiger partial charge in [-0.3, -0.25) is 14.7 Å². The van der Waals surface area contributed by atoms with Crippen molar-refractivity contribution in [3.8, 4) is 0 Å². The van der Waals surface area contributed by atoms with Crippen molar-refractivity contribution in [2.24, 2.45) is 9.98 Å². The molecule has 2 amide bonds. The number of allylic oxidation sites excluding steroid dienone is 1. The zero-order chi connectivity index (χ0) is 18.7. The Bertz CT molecular complexity index is 783. The highest BCUT2D eigenvalue weighted by atomic mass is 79.9. The third kappa shape index (κ3) is 4.09. The average Bonchev–Trinajstić information content (AvgIpc) is 2.96. The molecular weight excluding hydrogens is 409 g/mol. The Balaban J connectivity index is 1.87. The van der Waals surface area contributed by atoms with E-state index in [0.717, 1.165) is 0 Å². The quantitative estimate of drug-likeness (QED) is 0.723. The number of hydrogen-bond acceptors (Lipinski definition) is 6. The predicted octanol–water partition coefficient (Wildman–Crippen LogP) is 2.14. The van der Waals surface area contributed by atoms with Gasteiger partial charge in [0.05, 0.1) is 6.10 Å². The second-order valence-electron chi connectivity index (χ2n) is 5.73. The lowest BCUT2D eigenvalue weighted by Crippen LogP contribution is -2.43. The maximum atomic E-state index is 14.2. The number of amidine groups is 1. The molecule has 2 atom stereocenters. The minimum Gasteiger partial charge on any atom is -0.391 e. The molecule has 8 nitrogen and oxygen atoms in total. The van der Waals surface area contributed by atoms with Crippen molar-refractivity contribution in [3.63, 3.8) is 0 Å². The van der Waals surface area contributed by atoms with Gasteiger partial charge in [-0.05, 0) is 31.2 Å². The van der Waals surface area contributed by atoms with Gasteiger partial charge < -0.3 is 10.0 Å². The molecule has 1 aromatic carbocycles. The van der Waals surface area contributed by atoms with Gasteiger partial charge in [0.1, 0.15) is 24.8 Å². The number of nitrogens with one attached hydrogen (secondary N) is 1. The van der Waals surface area contributed by atoms with Crippen molar-refractivity contribution in [1.29, 1.82) is 0 Å². The summed E-state index contributed by atoms with van der Waals surface area (Å²) in [4.78, 5) is 29.1. The molecule has 0 spiro atoms. The van der Waals surface area contributed by atoms with Gasteiger partial charge in [-0.15, -0.1) is 0 Å². The van der Waals surface area contributed by atoms with Crippen LogP contribution in [0, 0.1) is 5.82 Å². The van der Waals surface area contributed by atoms with Gasteiger partial charge in [0.2, 0.25) is 0 Å². The summed E-state index contributed by atoms with van der Waals surface area (Å²) in [6, 6.07) is 3.89. The second kappa shape index (κ2) is 7.94. The summed E-state index contributed by atoms with van der Waals surface area (Å²) < 4.78 is 14.8. The number of rotatable bonds is 4. The standard InChI is InChI=1S/C16H17BrFN5O3/c1-10(24)8-26-21-16(25)23-9-22-6-2-5-19-14(22)15(23)20-13-4-3-11(17)7-12(13)18/h2-7,10,14,24H,8-9H2,1H3,(H,21,25)/t10-,14?/m0/s1. The van der Waals surface area contributed by atoms with Crippen LogP contribution in [-0.2, 0) is 4.84 Å². The molecule has 2 aliphatic rings. The van der Waals surface area contributed by atoms with Gasteiger partial charge in [-0.25, -0.2) is 19.7 Å². The number of aliphatic hydroxyl groups excluding tert-OH is 1. The topological polar surface area (TPSA) is 89.8 Å². The Kier molecular flexibility index (Phi) is 5.64. The van der Waals surface area contributed by atoms with E-state index in [4.69, 9.17) is 4.84 Å². The number of nitrogens with zero attached hydrogens (tertiary/aromatic N) is 4. The third-order valence-corrected chi connectivity index (χ3v) is 4.08. The number of hydrogen-bond donors (Lipinski definition) is 2. The molecule has 26 heavy (non-hydrogen) atoms. The van der Waals surface area contributed by atoms with Crippen LogP contribution in [0.3, 0.4) is 0 Å². The molecule has 0 aliphatic carbocycles. The minimum atomic E-state index is -0.724. The van der Waals surface area contributed by atoms with Gasteiger partial charge >= 0.3 is 6.03 Å². The number of benzene rings is 1. The zero-order valence-electron chi connectivity index (χ0n) is 13.8. The van der Waals surface area contributed by atoms with Crippen molar-refractivity contribution in [2.75, 3.05) is 13.3 Å². The van der Waals surface area contributed by atoms with Gasteiger partial charge in [0.15, 0.2) is 12.0 Å². The number of halogens is 2. The molecule has 2 heterocycles. The first-order valence-electron chi connectivity index (χ1n) is 7.82. The van der Waals surface area contributed by atoms with Crippen molar-refractivity contribution in [1.82, 2.24) is 15.3 Å². The maximum Gasteiger partial charge on any atom is 0.348 e. The monoisotopic (exact) mass is 425 g/mol. The van der Waals surface area contributed by atoms with E-state index in [2.05, 4.69) is 31.4 Å². The molecule has 2 aliphatic heterocycles. The number of carbonyl (C=O) groups excluding carboxylic acids is 1. The Morgan fingerprint density at radius 3 is 3.15 bits per heavy atom. The molecule has 138 valence electrons. The van der Waals surface area contributed by atoms with Gasteiger partial charge in [0.25, 0.3) is 0 Å². The predicted molar refractivity (Wildman–Crippen MR) is 97.3 cm³/mol. The van der Waals surface area contributed by atoms with Gasteiger partial charge in [-0.1, -0.05) is 15.9 Å². The molecule has 0 radical (unpaired) electrons. The van der Waals surface area contributed by atoms with Crippen molar-refractivity contribution < 1.29 is 19.1 Å². The minimum absolute atomic E-state index is 0.0569. The normalized spacial score (nSPS) is 21.2. The van der Waals surface area contributed by atoms with Crippen LogP contribution in [-0.4, -0.2) is 58.5 Å². The number of amides is 2. The molecule has 1 unspecified atom stereocenters. The molecule has 0 saturated carbocycles. The van der Waals surface area contributed by atoms with Crippen LogP contribution in [0.25, 0.3) is 0 Å². The molecule has 10 heteroatoms. The van der Waals surface area contributed by atoms with E-state index in [0.29, 0.717) is 4.47 Å². The SMILES string of the molecule is C[C@H](O)CONC(=O)N1CN2C=CC=NC2C1=Nc1ccc(Br)cc1F. The number of urea groups is 1. The molecule has 0 bridgehead atoms. The largest absolute Gasteiger partial charge is 0.391 e. The average molecular weight is 426 g/mol. The number of aliphatic hydroxyl groups is 1. The van der Waals surface area contributed by atoms with Crippen LogP contribution in [0.15, 0.2) is 44.9 Å². The summed E-state index contributed by atoms with van der Waals surface area (Å²) >= 11 is 3.20. The third-order valence-electron chi connectivity index (χ3n) is 3.59. The van der Waals surface area contributed by atoms with E-state index in [1.165, 1.54) is 24.0 Å². The number of hydroxylamine groups is 1. The first-order valence-corrected chi connectivity index (χ1v) is 8.61. The molecule has 1 aromatic rings. The fourth-order valence-electron chi connectivity index (χ4n) is 2.42. The molecule has 3 rings (SSSR count). The Morgan fingerprint density at radius 2 is 2.42 bits per heavy atom. The van der Waals surface area contributed by atoms with Crippen LogP contribution in [0.4, 0.5) is 14.9 Å². The van der Waals surface area contributed by atoms with Crippen molar-refractivity contribution >= 4 is 39.7 Å². The van der Waals surface area contributed by atoms with Crippen LogP contribution in [0.1, 0.15) is 6.92 Å². The molecule has 0 aromatic heterocycles. The van der Waals surface area contributed by atoms with Gasteiger partial charge in [-0.2, -0.15) is 0 Å². The Hall–Kier alpha value is -2.30. The Morgan fingerprint density at radius 1 is 1.62 bits per heavy atom. The number of carbonyl (C=O) groups is 1. The van der Waals surface area contributed by atoms with Gasteiger partial charge in [0, 0.05) is 16.9 Å². The van der Waals surface area contributed by atoms with E-state index in [-0.39, 0.29) is 24.8 Å². The summed E-state index contributed by atoms with van der Waals surface area (Å²) in [6.45, 7) is 1.66. The van der Waals surface area contributed by atoms with Crippen LogP contribution >= 0.6 is 15.9 Å². The number of fused-ring (bicyclic) bond motifs is 1. The molecule has 1 fully saturated rings. The lowest BCUT2D eigenvalue weighted by atomic mass is 10.3. The zero-order valence-corrected chi connectivity index (χ0v) is 15.4. The lowest BCUT2D eigenvalue weighted by Gasteiger charge is -2.18. The first kappa shape index (κ1) is 18.5. The number of aliphatic imine (C=N–C) groups is 2. The maximum absolute atomic E-state index is 14.2. The highest BCUT2D eigenvalue weighted by Crippen LogP contribution is 2.27. The summed E-state index contributed by atoms with van der Waals surface area (Å²) in [7, 11) is 0. The van der Waals surface area contributed by atoms with E-state index in [1.807, 2.05) is 0 Å². The van der Waals surface area contributed by atoms with Crippen molar-refractivity contribution in [2.45, 2.75) is 19.2 Å². The fraction of sp³-hybridized carbons (Fsp3) is 0.312. The smallest absolute Gasteiger partial charge is 0.348 e. The second-order valence-corrected chi connectivity index (χ2v) is 6.65. The van der Waals surface area contributed by atoms with E-state index < -0.39 is 24.1 Å². The van der Waals surface area contributed by atoms with Crippen LogP contribution < -0.4 is 5.48 Å². The summed E-state index contributed by atoms with van der Waals surface area (Å²) in [5, 5.41) is 9.20. The lowest BCUT2D eigenvalue weighted by molar-refractivity contribution is -0.0000368. The molecule has 2 N–H and O–H groups in total. The molecule has 1 saturated heterocycles. The van der Waals surface area contributed by atoms with Crippen LogP contribution in [0.5, 0.6) is 0 Å². The highest BCUT2D eigenvalue weighted by molar-refractivity contribution is 9.10. The van der Waals surface area contributed by atoms with E-state index in [1.54, 1.807) is 29.5 Å². The molecular formula is C16H17BrFN5O3. The highest BCUT2D eigenvalue weighted by Gasteiger charge is 2.39. The van der Waals surface area contributed by atoms with E-state index in [9.17, 15) is 14.3 Å². The first-order chi connectivity index (χ1) is 12.5. The van der Waals surface area contributed by atoms with Crippen molar-refractivity contribution in [3.05, 3.63) is 40.8 Å². The summed E-state index contributed by atoms with van der Waals surface area (Å²) in [5.41, 5.74) is 2.34.